The van der Waals surface area contributed by atoms with Gasteiger partial charge in [0, 0.05) is 11.6 Å². The summed E-state index contributed by atoms with van der Waals surface area (Å²) in [7, 11) is 0. The molecule has 0 aliphatic rings. The highest BCUT2D eigenvalue weighted by molar-refractivity contribution is 5.99. The zero-order valence-corrected chi connectivity index (χ0v) is 10.00. The molecule has 0 aliphatic carbocycles. The summed E-state index contributed by atoms with van der Waals surface area (Å²) in [6.07, 6.45) is 8.47. The Bertz CT molecular complexity index is 260. The number of primary amides is 2. The number of nitrogens with two attached hydrogens (primary N) is 2. The smallest absolute Gasteiger partial charge is 0.244 e. The number of unbranched alkanes of at least 4 members (excludes halogenated alkanes) is 5. The van der Waals surface area contributed by atoms with Crippen molar-refractivity contribution in [3.05, 3.63) is 11.6 Å². The summed E-state index contributed by atoms with van der Waals surface area (Å²) in [6, 6.07) is 0. The molecule has 0 aromatic rings. The van der Waals surface area contributed by atoms with Crippen molar-refractivity contribution in [3.8, 4) is 0 Å². The van der Waals surface area contributed by atoms with E-state index >= 15 is 0 Å². The third kappa shape index (κ3) is 8.03. The molecular weight excluding hydrogens is 204 g/mol. The van der Waals surface area contributed by atoms with Crippen molar-refractivity contribution in [2.75, 3.05) is 0 Å². The highest BCUT2D eigenvalue weighted by atomic mass is 16.1. The molecule has 0 aromatic heterocycles. The van der Waals surface area contributed by atoms with E-state index in [-0.39, 0.29) is 0 Å². The lowest BCUT2D eigenvalue weighted by Crippen LogP contribution is -2.17. The van der Waals surface area contributed by atoms with Gasteiger partial charge >= 0.3 is 0 Å². The van der Waals surface area contributed by atoms with E-state index in [4.69, 9.17) is 11.5 Å². The fourth-order valence-corrected chi connectivity index (χ4v) is 1.53. The van der Waals surface area contributed by atoms with Crippen LogP contribution in [-0.2, 0) is 9.59 Å². The molecule has 2 amide bonds. The summed E-state index contributed by atoms with van der Waals surface area (Å²) in [5.41, 5.74) is 10.4. The molecule has 4 heteroatoms. The van der Waals surface area contributed by atoms with Gasteiger partial charge in [-0.3, -0.25) is 9.59 Å². The van der Waals surface area contributed by atoms with Gasteiger partial charge in [-0.15, -0.1) is 0 Å². The molecule has 4 nitrogen and oxygen atoms in total. The summed E-state index contributed by atoms with van der Waals surface area (Å²) in [6.45, 7) is 2.17. The van der Waals surface area contributed by atoms with Gasteiger partial charge < -0.3 is 11.5 Å². The van der Waals surface area contributed by atoms with Crippen molar-refractivity contribution < 1.29 is 9.59 Å². The first kappa shape index (κ1) is 14.7. The zero-order chi connectivity index (χ0) is 12.4. The normalized spacial score (nSPS) is 11.4. The van der Waals surface area contributed by atoms with Crippen LogP contribution in [0.25, 0.3) is 0 Å². The minimum atomic E-state index is -0.611. The predicted molar refractivity (Wildman–Crippen MR) is 64.5 cm³/mol. The van der Waals surface area contributed by atoms with Gasteiger partial charge in [0.1, 0.15) is 0 Å². The van der Waals surface area contributed by atoms with E-state index in [2.05, 4.69) is 6.92 Å². The summed E-state index contributed by atoms with van der Waals surface area (Å²) >= 11 is 0. The Balaban J connectivity index is 3.78. The van der Waals surface area contributed by atoms with E-state index in [1.165, 1.54) is 19.3 Å². The first-order valence-electron chi connectivity index (χ1n) is 5.87. The minimum Gasteiger partial charge on any atom is -0.366 e. The SMILES string of the molecule is CCCCCCCC/C(=C/C(N)=O)C(N)=O. The van der Waals surface area contributed by atoms with Crippen LogP contribution >= 0.6 is 0 Å². The second-order valence-corrected chi connectivity index (χ2v) is 3.95. The topological polar surface area (TPSA) is 86.2 Å². The molecule has 0 saturated carbocycles. The Morgan fingerprint density at radius 1 is 1.00 bits per heavy atom. The van der Waals surface area contributed by atoms with Crippen LogP contribution in [0.5, 0.6) is 0 Å². The monoisotopic (exact) mass is 226 g/mol. The fourth-order valence-electron chi connectivity index (χ4n) is 1.53. The van der Waals surface area contributed by atoms with Gasteiger partial charge in [-0.2, -0.15) is 0 Å². The highest BCUT2D eigenvalue weighted by Gasteiger charge is 2.05. The lowest BCUT2D eigenvalue weighted by Gasteiger charge is -2.02. The predicted octanol–water partition coefficient (Wildman–Crippen LogP) is 1.63. The maximum Gasteiger partial charge on any atom is 0.244 e. The molecule has 0 aliphatic heterocycles. The Kier molecular flexibility index (Phi) is 8.21. The Morgan fingerprint density at radius 3 is 2.06 bits per heavy atom. The van der Waals surface area contributed by atoms with Gasteiger partial charge in [0.05, 0.1) is 0 Å². The summed E-state index contributed by atoms with van der Waals surface area (Å²) < 4.78 is 0. The van der Waals surface area contributed by atoms with E-state index in [1.54, 1.807) is 0 Å². The quantitative estimate of drug-likeness (QED) is 0.462. The zero-order valence-electron chi connectivity index (χ0n) is 10.00. The maximum atomic E-state index is 10.9. The molecule has 4 N–H and O–H groups in total. The van der Waals surface area contributed by atoms with Gasteiger partial charge in [0.25, 0.3) is 0 Å². The number of amides is 2. The molecule has 0 radical (unpaired) electrons. The Hall–Kier alpha value is -1.32. The second-order valence-electron chi connectivity index (χ2n) is 3.95. The van der Waals surface area contributed by atoms with Crippen molar-refractivity contribution in [3.63, 3.8) is 0 Å². The van der Waals surface area contributed by atoms with E-state index < -0.39 is 11.8 Å². The van der Waals surface area contributed by atoms with Crippen molar-refractivity contribution in [1.82, 2.24) is 0 Å². The van der Waals surface area contributed by atoms with Crippen LogP contribution in [0.1, 0.15) is 51.9 Å². The molecule has 0 heterocycles. The molecule has 0 bridgehead atoms. The number of carbonyl (C=O) groups excluding carboxylic acids is 2. The first-order chi connectivity index (χ1) is 7.57. The molecule has 0 rings (SSSR count). The number of carbonyl (C=O) groups is 2. The minimum absolute atomic E-state index is 0.336. The lowest BCUT2D eigenvalue weighted by atomic mass is 10.0. The van der Waals surface area contributed by atoms with Gasteiger partial charge in [-0.1, -0.05) is 39.0 Å². The first-order valence-corrected chi connectivity index (χ1v) is 5.87. The largest absolute Gasteiger partial charge is 0.366 e. The van der Waals surface area contributed by atoms with E-state index in [9.17, 15) is 9.59 Å². The van der Waals surface area contributed by atoms with Crippen LogP contribution in [0.15, 0.2) is 11.6 Å². The molecule has 0 atom stereocenters. The van der Waals surface area contributed by atoms with Crippen LogP contribution in [-0.4, -0.2) is 11.8 Å². The van der Waals surface area contributed by atoms with Crippen LogP contribution in [0.4, 0.5) is 0 Å². The molecular formula is C12H22N2O2. The number of rotatable bonds is 9. The molecule has 92 valence electrons. The van der Waals surface area contributed by atoms with Crippen LogP contribution < -0.4 is 11.5 Å². The molecule has 16 heavy (non-hydrogen) atoms. The van der Waals surface area contributed by atoms with E-state index in [0.717, 1.165) is 25.3 Å². The third-order valence-electron chi connectivity index (χ3n) is 2.43. The fraction of sp³-hybridized carbons (Fsp3) is 0.667. The van der Waals surface area contributed by atoms with Gasteiger partial charge in [0.15, 0.2) is 0 Å². The highest BCUT2D eigenvalue weighted by Crippen LogP contribution is 2.11. The van der Waals surface area contributed by atoms with E-state index in [0.29, 0.717) is 12.0 Å². The summed E-state index contributed by atoms with van der Waals surface area (Å²) in [5, 5.41) is 0. The lowest BCUT2D eigenvalue weighted by molar-refractivity contribution is -0.116. The van der Waals surface area contributed by atoms with Crippen LogP contribution in [0, 0.1) is 0 Å². The summed E-state index contributed by atoms with van der Waals surface area (Å²) in [5.74, 6) is -1.16. The second kappa shape index (κ2) is 8.95. The van der Waals surface area contributed by atoms with Crippen molar-refractivity contribution in [2.24, 2.45) is 11.5 Å². The molecule has 0 spiro atoms. The molecule has 0 unspecified atom stereocenters. The van der Waals surface area contributed by atoms with Gasteiger partial charge in [-0.05, 0) is 12.8 Å². The number of hydrogen-bond donors (Lipinski definition) is 2. The van der Waals surface area contributed by atoms with Gasteiger partial charge in [0.2, 0.25) is 11.8 Å². The van der Waals surface area contributed by atoms with Crippen molar-refractivity contribution in [1.29, 1.82) is 0 Å². The van der Waals surface area contributed by atoms with Crippen molar-refractivity contribution in [2.45, 2.75) is 51.9 Å². The Labute approximate surface area is 97.1 Å². The van der Waals surface area contributed by atoms with Crippen LogP contribution in [0.2, 0.25) is 0 Å². The number of hydrogen-bond acceptors (Lipinski definition) is 2. The Morgan fingerprint density at radius 2 is 1.56 bits per heavy atom. The molecule has 0 fully saturated rings. The average Bonchev–Trinajstić information content (AvgIpc) is 2.20. The van der Waals surface area contributed by atoms with E-state index in [1.807, 2.05) is 0 Å². The molecule has 0 aromatic carbocycles. The molecule has 0 saturated heterocycles. The standard InChI is InChI=1S/C12H22N2O2/c1-2-3-4-5-6-7-8-10(12(14)16)9-11(13)15/h9H,2-8H2,1H3,(H2,13,15)(H2,14,16)/b10-9-. The third-order valence-corrected chi connectivity index (χ3v) is 2.43. The summed E-state index contributed by atoms with van der Waals surface area (Å²) in [4.78, 5) is 21.6. The van der Waals surface area contributed by atoms with Crippen molar-refractivity contribution >= 4 is 11.8 Å². The van der Waals surface area contributed by atoms with Crippen LogP contribution in [0.3, 0.4) is 0 Å². The van der Waals surface area contributed by atoms with Gasteiger partial charge in [-0.25, -0.2) is 0 Å². The average molecular weight is 226 g/mol. The maximum absolute atomic E-state index is 10.9.